The van der Waals surface area contributed by atoms with Crippen LogP contribution in [0.5, 0.6) is 0 Å². The largest absolute Gasteiger partial charge is 0.330 e. The summed E-state index contributed by atoms with van der Waals surface area (Å²) in [7, 11) is 0. The van der Waals surface area contributed by atoms with Crippen molar-refractivity contribution in [3.8, 4) is 0 Å². The Morgan fingerprint density at radius 2 is 1.89 bits per heavy atom. The van der Waals surface area contributed by atoms with Gasteiger partial charge in [-0.05, 0) is 44.6 Å². The molecular formula is C15H27N3. The van der Waals surface area contributed by atoms with Crippen LogP contribution in [0.4, 0.5) is 0 Å². The first-order chi connectivity index (χ1) is 8.86. The number of aromatic nitrogens is 1. The Labute approximate surface area is 111 Å². The Morgan fingerprint density at radius 1 is 1.11 bits per heavy atom. The van der Waals surface area contributed by atoms with E-state index in [1.807, 2.05) is 12.3 Å². The van der Waals surface area contributed by atoms with E-state index < -0.39 is 0 Å². The van der Waals surface area contributed by atoms with Gasteiger partial charge in [-0.1, -0.05) is 32.3 Å². The lowest BCUT2D eigenvalue weighted by Gasteiger charge is -2.19. The molecule has 3 nitrogen and oxygen atoms in total. The molecule has 0 radical (unpaired) electrons. The van der Waals surface area contributed by atoms with Gasteiger partial charge < -0.3 is 5.73 Å². The first-order valence-corrected chi connectivity index (χ1v) is 7.19. The first-order valence-electron chi connectivity index (χ1n) is 7.19. The standard InChI is InChI=1S/C15H27N3/c1-2-18(13-9-5-3-4-7-11-16)14-15-10-6-8-12-17-15/h6,8,10,12H,2-5,7,9,11,13-14,16H2,1H3. The number of rotatable bonds is 10. The SMILES string of the molecule is CCN(CCCCCCCN)Cc1ccccn1. The number of nitrogens with two attached hydrogens (primary N) is 1. The van der Waals surface area contributed by atoms with Crippen molar-refractivity contribution < 1.29 is 0 Å². The lowest BCUT2D eigenvalue weighted by atomic mass is 10.1. The van der Waals surface area contributed by atoms with E-state index >= 15 is 0 Å². The van der Waals surface area contributed by atoms with Gasteiger partial charge in [0, 0.05) is 12.7 Å². The average Bonchev–Trinajstić information content (AvgIpc) is 2.42. The van der Waals surface area contributed by atoms with E-state index in [1.165, 1.54) is 44.3 Å². The summed E-state index contributed by atoms with van der Waals surface area (Å²) < 4.78 is 0. The van der Waals surface area contributed by atoms with Crippen LogP contribution in [0.3, 0.4) is 0 Å². The van der Waals surface area contributed by atoms with Crippen LogP contribution in [-0.4, -0.2) is 29.5 Å². The number of hydrogen-bond acceptors (Lipinski definition) is 3. The topological polar surface area (TPSA) is 42.1 Å². The van der Waals surface area contributed by atoms with Crippen LogP contribution in [-0.2, 0) is 6.54 Å². The summed E-state index contributed by atoms with van der Waals surface area (Å²) in [6, 6.07) is 6.13. The fraction of sp³-hybridized carbons (Fsp3) is 0.667. The highest BCUT2D eigenvalue weighted by Gasteiger charge is 2.03. The maximum Gasteiger partial charge on any atom is 0.0543 e. The summed E-state index contributed by atoms with van der Waals surface area (Å²) in [5.74, 6) is 0. The zero-order chi connectivity index (χ0) is 13.1. The Hall–Kier alpha value is -0.930. The zero-order valence-corrected chi connectivity index (χ0v) is 11.6. The van der Waals surface area contributed by atoms with Crippen molar-refractivity contribution >= 4 is 0 Å². The third-order valence-electron chi connectivity index (χ3n) is 3.24. The third kappa shape index (κ3) is 6.72. The van der Waals surface area contributed by atoms with E-state index in [0.717, 1.165) is 19.6 Å². The van der Waals surface area contributed by atoms with Gasteiger partial charge in [0.1, 0.15) is 0 Å². The summed E-state index contributed by atoms with van der Waals surface area (Å²) in [5, 5.41) is 0. The van der Waals surface area contributed by atoms with Crippen molar-refractivity contribution in [1.82, 2.24) is 9.88 Å². The van der Waals surface area contributed by atoms with Crippen LogP contribution in [0.1, 0.15) is 44.7 Å². The Morgan fingerprint density at radius 3 is 2.56 bits per heavy atom. The summed E-state index contributed by atoms with van der Waals surface area (Å²) in [4.78, 5) is 6.84. The molecule has 0 atom stereocenters. The van der Waals surface area contributed by atoms with Crippen LogP contribution >= 0.6 is 0 Å². The average molecular weight is 249 g/mol. The summed E-state index contributed by atoms with van der Waals surface area (Å²) in [6.45, 7) is 6.30. The van der Waals surface area contributed by atoms with Crippen LogP contribution in [0.15, 0.2) is 24.4 Å². The number of unbranched alkanes of at least 4 members (excludes halogenated alkanes) is 4. The van der Waals surface area contributed by atoms with Crippen molar-refractivity contribution in [3.05, 3.63) is 30.1 Å². The van der Waals surface area contributed by atoms with E-state index in [-0.39, 0.29) is 0 Å². The Bertz CT molecular complexity index is 287. The van der Waals surface area contributed by atoms with E-state index in [4.69, 9.17) is 5.73 Å². The van der Waals surface area contributed by atoms with Crippen molar-refractivity contribution in [2.75, 3.05) is 19.6 Å². The third-order valence-corrected chi connectivity index (χ3v) is 3.24. The van der Waals surface area contributed by atoms with E-state index in [9.17, 15) is 0 Å². The molecule has 1 rings (SSSR count). The molecule has 3 heteroatoms. The second-order valence-corrected chi connectivity index (χ2v) is 4.75. The molecule has 0 aliphatic rings. The second kappa shape index (κ2) is 10.0. The Balaban J connectivity index is 2.14. The van der Waals surface area contributed by atoms with Gasteiger partial charge in [0.2, 0.25) is 0 Å². The van der Waals surface area contributed by atoms with Gasteiger partial charge in [-0.3, -0.25) is 9.88 Å². The highest BCUT2D eigenvalue weighted by Crippen LogP contribution is 2.06. The number of pyridine rings is 1. The highest BCUT2D eigenvalue weighted by atomic mass is 15.1. The van der Waals surface area contributed by atoms with Gasteiger partial charge in [0.25, 0.3) is 0 Å². The summed E-state index contributed by atoms with van der Waals surface area (Å²) in [6.07, 6.45) is 8.24. The molecule has 102 valence electrons. The monoisotopic (exact) mass is 249 g/mol. The Kier molecular flexibility index (Phi) is 8.43. The van der Waals surface area contributed by atoms with Gasteiger partial charge >= 0.3 is 0 Å². The van der Waals surface area contributed by atoms with Crippen molar-refractivity contribution in [3.63, 3.8) is 0 Å². The molecule has 1 aromatic heterocycles. The van der Waals surface area contributed by atoms with Crippen molar-refractivity contribution in [2.24, 2.45) is 5.73 Å². The number of hydrogen-bond donors (Lipinski definition) is 1. The molecule has 0 spiro atoms. The molecule has 18 heavy (non-hydrogen) atoms. The first kappa shape index (κ1) is 15.1. The van der Waals surface area contributed by atoms with Crippen LogP contribution in [0, 0.1) is 0 Å². The fourth-order valence-corrected chi connectivity index (χ4v) is 2.08. The molecule has 0 saturated heterocycles. The lowest BCUT2D eigenvalue weighted by Crippen LogP contribution is -2.24. The maximum absolute atomic E-state index is 5.48. The minimum absolute atomic E-state index is 0.834. The van der Waals surface area contributed by atoms with Gasteiger partial charge in [-0.15, -0.1) is 0 Å². The molecule has 0 aliphatic heterocycles. The lowest BCUT2D eigenvalue weighted by molar-refractivity contribution is 0.269. The quantitative estimate of drug-likeness (QED) is 0.648. The zero-order valence-electron chi connectivity index (χ0n) is 11.6. The molecule has 0 fully saturated rings. The predicted molar refractivity (Wildman–Crippen MR) is 77.3 cm³/mol. The van der Waals surface area contributed by atoms with Gasteiger partial charge in [-0.25, -0.2) is 0 Å². The molecule has 1 aromatic rings. The van der Waals surface area contributed by atoms with Gasteiger partial charge in [-0.2, -0.15) is 0 Å². The molecule has 1 heterocycles. The van der Waals surface area contributed by atoms with Gasteiger partial charge in [0.15, 0.2) is 0 Å². The normalized spacial score (nSPS) is 11.1. The molecule has 0 saturated carbocycles. The summed E-state index contributed by atoms with van der Waals surface area (Å²) in [5.41, 5.74) is 6.65. The number of nitrogens with zero attached hydrogens (tertiary/aromatic N) is 2. The second-order valence-electron chi connectivity index (χ2n) is 4.75. The van der Waals surface area contributed by atoms with E-state index in [2.05, 4.69) is 28.9 Å². The van der Waals surface area contributed by atoms with Crippen LogP contribution in [0.25, 0.3) is 0 Å². The summed E-state index contributed by atoms with van der Waals surface area (Å²) >= 11 is 0. The molecule has 0 aliphatic carbocycles. The predicted octanol–water partition coefficient (Wildman–Crippen LogP) is 2.81. The van der Waals surface area contributed by atoms with E-state index in [0.29, 0.717) is 0 Å². The maximum atomic E-state index is 5.48. The molecule has 0 amide bonds. The molecule has 0 bridgehead atoms. The van der Waals surface area contributed by atoms with Gasteiger partial charge in [0.05, 0.1) is 5.69 Å². The minimum Gasteiger partial charge on any atom is -0.330 e. The van der Waals surface area contributed by atoms with Crippen LogP contribution < -0.4 is 5.73 Å². The van der Waals surface area contributed by atoms with Crippen LogP contribution in [0.2, 0.25) is 0 Å². The molecular weight excluding hydrogens is 222 g/mol. The van der Waals surface area contributed by atoms with Crippen molar-refractivity contribution in [2.45, 2.75) is 45.6 Å². The molecule has 0 unspecified atom stereocenters. The fourth-order valence-electron chi connectivity index (χ4n) is 2.08. The smallest absolute Gasteiger partial charge is 0.0543 e. The minimum atomic E-state index is 0.834. The van der Waals surface area contributed by atoms with E-state index in [1.54, 1.807) is 0 Å². The molecule has 0 aromatic carbocycles. The molecule has 2 N–H and O–H groups in total. The highest BCUT2D eigenvalue weighted by molar-refractivity contribution is 5.03. The van der Waals surface area contributed by atoms with Crippen molar-refractivity contribution in [1.29, 1.82) is 0 Å².